The third-order valence-electron chi connectivity index (χ3n) is 8.17. The van der Waals surface area contributed by atoms with E-state index in [0.29, 0.717) is 44.5 Å². The highest BCUT2D eigenvalue weighted by molar-refractivity contribution is 6.06. The van der Waals surface area contributed by atoms with Crippen LogP contribution in [0.25, 0.3) is 56.7 Å². The van der Waals surface area contributed by atoms with Crippen LogP contribution >= 0.6 is 0 Å². The van der Waals surface area contributed by atoms with E-state index >= 15 is 0 Å². The van der Waals surface area contributed by atoms with Crippen molar-refractivity contribution in [2.24, 2.45) is 0 Å². The molecule has 6 aromatic carbocycles. The van der Waals surface area contributed by atoms with Crippen LogP contribution in [0.15, 0.2) is 158 Å². The van der Waals surface area contributed by atoms with E-state index in [0.717, 1.165) is 35.4 Å². The first-order valence-electron chi connectivity index (χ1n) is 15.6. The second-order valence-electron chi connectivity index (χ2n) is 11.5. The van der Waals surface area contributed by atoms with E-state index in [2.05, 4.69) is 0 Å². The summed E-state index contributed by atoms with van der Waals surface area (Å²) < 4.78 is 81.5. The molecule has 0 aliphatic rings. The van der Waals surface area contributed by atoms with Gasteiger partial charge in [0.25, 0.3) is 0 Å². The fourth-order valence-electron chi connectivity index (χ4n) is 5.88. The Balaban J connectivity index is 1.38. The number of carbonyl (C=O) groups excluding carboxylic acids is 1. The molecule has 6 rings (SSSR count). The molecule has 1 nitrogen and oxygen atoms in total. The van der Waals surface area contributed by atoms with Crippen LogP contribution in [0.3, 0.4) is 0 Å². The smallest absolute Gasteiger partial charge is 0.290 e. The van der Waals surface area contributed by atoms with Gasteiger partial charge in [-0.1, -0.05) is 133 Å². The van der Waals surface area contributed by atoms with Crippen molar-refractivity contribution < 1.29 is 31.1 Å². The number of carbonyl (C=O) groups is 1. The monoisotopic (exact) mass is 674 g/mol. The summed E-state index contributed by atoms with van der Waals surface area (Å²) in [6.07, 6.45) is -3.00. The van der Waals surface area contributed by atoms with Gasteiger partial charge in [0.05, 0.1) is 11.1 Å². The molecule has 0 atom stereocenters. The highest BCUT2D eigenvalue weighted by Crippen LogP contribution is 2.40. The van der Waals surface area contributed by atoms with Crippen LogP contribution in [0.1, 0.15) is 22.3 Å². The summed E-state index contributed by atoms with van der Waals surface area (Å²) >= 11 is 0. The first-order valence-corrected chi connectivity index (χ1v) is 15.6. The van der Waals surface area contributed by atoms with Crippen molar-refractivity contribution >= 4 is 17.9 Å². The van der Waals surface area contributed by atoms with E-state index in [-0.39, 0.29) is 5.78 Å². The number of ketones is 1. The molecule has 7 heteroatoms. The second kappa shape index (κ2) is 14.3. The Labute approximate surface area is 285 Å². The molecule has 0 aliphatic heterocycles. The third kappa shape index (κ3) is 7.68. The largest absolute Gasteiger partial charge is 0.416 e. The summed E-state index contributed by atoms with van der Waals surface area (Å²) in [5.41, 5.74) is 4.52. The van der Waals surface area contributed by atoms with Crippen LogP contribution in [0, 0.1) is 0 Å². The average molecular weight is 675 g/mol. The summed E-state index contributed by atoms with van der Waals surface area (Å²) in [5.74, 6) is -0.364. The predicted octanol–water partition coefficient (Wildman–Crippen LogP) is 12.7. The third-order valence-corrected chi connectivity index (χ3v) is 8.17. The van der Waals surface area contributed by atoms with Crippen LogP contribution in [0.5, 0.6) is 0 Å². The Bertz CT molecular complexity index is 2040. The SMILES string of the molecule is O=C(/C=C/c1cccc(-c2cccc(C(F)(F)F)c2)c1-c1ccccc1)/C=C/c1cccc(-c2cccc(C(F)(F)F)c2)c1-c1ccccc1. The molecule has 0 unspecified atom stereocenters. The Morgan fingerprint density at radius 3 is 1.16 bits per heavy atom. The van der Waals surface area contributed by atoms with Gasteiger partial charge in [0, 0.05) is 0 Å². The first-order chi connectivity index (χ1) is 24.0. The van der Waals surface area contributed by atoms with E-state index in [1.807, 2.05) is 60.7 Å². The summed E-state index contributed by atoms with van der Waals surface area (Å²) in [4.78, 5) is 13.3. The molecule has 50 heavy (non-hydrogen) atoms. The average Bonchev–Trinajstić information content (AvgIpc) is 3.13. The minimum Gasteiger partial charge on any atom is -0.290 e. The molecule has 0 radical (unpaired) electrons. The molecule has 0 saturated heterocycles. The van der Waals surface area contributed by atoms with Gasteiger partial charge in [-0.3, -0.25) is 4.79 Å². The normalized spacial score (nSPS) is 12.1. The standard InChI is InChI=1S/C43H28F6O/c44-42(45,46)35-19-7-17-33(27-35)38-21-9-15-31(40(38)29-11-3-1-4-12-29)23-25-37(50)26-24-32-16-10-22-39(41(32)30-13-5-2-6-14-30)34-18-8-20-36(28-34)43(47,48)49/h1-28H/b25-23+,26-24+. The number of benzene rings is 6. The zero-order chi connectivity index (χ0) is 35.3. The van der Waals surface area contributed by atoms with Gasteiger partial charge in [-0.25, -0.2) is 0 Å². The van der Waals surface area contributed by atoms with Crippen molar-refractivity contribution in [3.63, 3.8) is 0 Å². The quantitative estimate of drug-likeness (QED) is 0.116. The molecule has 0 spiro atoms. The van der Waals surface area contributed by atoms with E-state index in [1.54, 1.807) is 60.7 Å². The Kier molecular flexibility index (Phi) is 9.68. The zero-order valence-electron chi connectivity index (χ0n) is 26.3. The Hall–Kier alpha value is -5.95. The minimum absolute atomic E-state index is 0.364. The van der Waals surface area contributed by atoms with Gasteiger partial charge in [-0.15, -0.1) is 0 Å². The lowest BCUT2D eigenvalue weighted by Gasteiger charge is -2.15. The number of alkyl halides is 6. The number of hydrogen-bond donors (Lipinski definition) is 0. The molecule has 0 bridgehead atoms. The van der Waals surface area contributed by atoms with Gasteiger partial charge in [-0.2, -0.15) is 26.3 Å². The van der Waals surface area contributed by atoms with Crippen molar-refractivity contribution in [3.05, 3.63) is 180 Å². The molecule has 0 aliphatic carbocycles. The number of allylic oxidation sites excluding steroid dienone is 2. The van der Waals surface area contributed by atoms with Gasteiger partial charge in [-0.05, 0) is 92.1 Å². The molecule has 0 N–H and O–H groups in total. The lowest BCUT2D eigenvalue weighted by molar-refractivity contribution is -0.138. The van der Waals surface area contributed by atoms with Crippen molar-refractivity contribution in [1.29, 1.82) is 0 Å². The van der Waals surface area contributed by atoms with Gasteiger partial charge < -0.3 is 0 Å². The molecular formula is C43H28F6O. The van der Waals surface area contributed by atoms with Crippen molar-refractivity contribution in [3.8, 4) is 44.5 Å². The van der Waals surface area contributed by atoms with Gasteiger partial charge >= 0.3 is 12.4 Å². The van der Waals surface area contributed by atoms with Crippen molar-refractivity contribution in [1.82, 2.24) is 0 Å². The molecule has 0 aromatic heterocycles. The maximum absolute atomic E-state index is 13.6. The van der Waals surface area contributed by atoms with Crippen LogP contribution in [-0.4, -0.2) is 5.78 Å². The van der Waals surface area contributed by atoms with Crippen LogP contribution in [-0.2, 0) is 17.1 Å². The first kappa shape index (κ1) is 33.9. The summed E-state index contributed by atoms with van der Waals surface area (Å²) in [7, 11) is 0. The second-order valence-corrected chi connectivity index (χ2v) is 11.5. The van der Waals surface area contributed by atoms with Crippen LogP contribution < -0.4 is 0 Å². The number of rotatable bonds is 8. The van der Waals surface area contributed by atoms with Crippen molar-refractivity contribution in [2.45, 2.75) is 12.4 Å². The lowest BCUT2D eigenvalue weighted by Crippen LogP contribution is -2.04. The maximum atomic E-state index is 13.6. The Morgan fingerprint density at radius 1 is 0.420 bits per heavy atom. The van der Waals surface area contributed by atoms with Gasteiger partial charge in [0.1, 0.15) is 0 Å². The molecule has 0 fully saturated rings. The summed E-state index contributed by atoms with van der Waals surface area (Å²) in [5, 5.41) is 0. The van der Waals surface area contributed by atoms with E-state index in [9.17, 15) is 31.1 Å². The molecule has 6 aromatic rings. The highest BCUT2D eigenvalue weighted by Gasteiger charge is 2.31. The summed E-state index contributed by atoms with van der Waals surface area (Å²) in [6, 6.07) is 39.2. The predicted molar refractivity (Wildman–Crippen MR) is 188 cm³/mol. The minimum atomic E-state index is -4.51. The van der Waals surface area contributed by atoms with Crippen molar-refractivity contribution in [2.75, 3.05) is 0 Å². The number of halogens is 6. The van der Waals surface area contributed by atoms with E-state index < -0.39 is 23.5 Å². The highest BCUT2D eigenvalue weighted by atomic mass is 19.4. The molecular weight excluding hydrogens is 646 g/mol. The maximum Gasteiger partial charge on any atom is 0.416 e. The van der Waals surface area contributed by atoms with Gasteiger partial charge in [0.15, 0.2) is 5.78 Å². The topological polar surface area (TPSA) is 17.1 Å². The zero-order valence-corrected chi connectivity index (χ0v) is 26.3. The number of hydrogen-bond acceptors (Lipinski definition) is 1. The molecule has 248 valence electrons. The lowest BCUT2D eigenvalue weighted by atomic mass is 9.89. The Morgan fingerprint density at radius 2 is 0.780 bits per heavy atom. The molecule has 0 amide bonds. The van der Waals surface area contributed by atoms with E-state index in [4.69, 9.17) is 0 Å². The van der Waals surface area contributed by atoms with Crippen LogP contribution in [0.2, 0.25) is 0 Å². The molecule has 0 saturated carbocycles. The van der Waals surface area contributed by atoms with Gasteiger partial charge in [0.2, 0.25) is 0 Å². The van der Waals surface area contributed by atoms with E-state index in [1.165, 1.54) is 24.3 Å². The fourth-order valence-corrected chi connectivity index (χ4v) is 5.88. The molecule has 0 heterocycles. The fraction of sp³-hybridized carbons (Fsp3) is 0.0465. The summed E-state index contributed by atoms with van der Waals surface area (Å²) in [6.45, 7) is 0. The van der Waals surface area contributed by atoms with Crippen LogP contribution in [0.4, 0.5) is 26.3 Å².